The Morgan fingerprint density at radius 2 is 1.75 bits per heavy atom. The van der Waals surface area contributed by atoms with Crippen LogP contribution in [0, 0.1) is 5.82 Å². The highest BCUT2D eigenvalue weighted by Crippen LogP contribution is 2.21. The molecule has 2 N–H and O–H groups in total. The summed E-state index contributed by atoms with van der Waals surface area (Å²) in [6.45, 7) is 2.70. The molecular formula is C24H27FN4O3. The van der Waals surface area contributed by atoms with E-state index in [0.717, 1.165) is 29.8 Å². The molecule has 7 nitrogen and oxygen atoms in total. The van der Waals surface area contributed by atoms with Crippen molar-refractivity contribution in [2.24, 2.45) is 0 Å². The van der Waals surface area contributed by atoms with Gasteiger partial charge >= 0.3 is 0 Å². The Kier molecular flexibility index (Phi) is 6.80. The summed E-state index contributed by atoms with van der Waals surface area (Å²) in [4.78, 5) is 40.6. The van der Waals surface area contributed by atoms with E-state index in [1.165, 1.54) is 12.1 Å². The summed E-state index contributed by atoms with van der Waals surface area (Å²) in [5, 5.41) is 5.70. The maximum Gasteiger partial charge on any atom is 0.237 e. The number of nitrogens with one attached hydrogen (secondary N) is 2. The number of hydrogen-bond acceptors (Lipinski definition) is 4. The van der Waals surface area contributed by atoms with Gasteiger partial charge in [-0.05, 0) is 41.8 Å². The molecule has 2 aromatic carbocycles. The van der Waals surface area contributed by atoms with Crippen LogP contribution in [0.2, 0.25) is 0 Å². The Morgan fingerprint density at radius 1 is 1.03 bits per heavy atom. The molecule has 2 aromatic rings. The molecule has 2 aliphatic heterocycles. The lowest BCUT2D eigenvalue weighted by molar-refractivity contribution is -0.134. The van der Waals surface area contributed by atoms with Crippen LogP contribution in [0.25, 0.3) is 0 Å². The maximum absolute atomic E-state index is 13.2. The van der Waals surface area contributed by atoms with Crippen molar-refractivity contribution in [1.29, 1.82) is 0 Å². The predicted octanol–water partition coefficient (Wildman–Crippen LogP) is 1.96. The van der Waals surface area contributed by atoms with Crippen molar-refractivity contribution in [2.45, 2.75) is 38.4 Å². The molecule has 4 rings (SSSR count). The Balaban J connectivity index is 1.31. The fourth-order valence-electron chi connectivity index (χ4n) is 4.16. The van der Waals surface area contributed by atoms with Gasteiger partial charge in [0.25, 0.3) is 0 Å². The molecule has 2 fully saturated rings. The molecular weight excluding hydrogens is 411 g/mol. The van der Waals surface area contributed by atoms with Gasteiger partial charge in [-0.1, -0.05) is 24.3 Å². The molecule has 0 saturated carbocycles. The average molecular weight is 439 g/mol. The lowest BCUT2D eigenvalue weighted by atomic mass is 10.1. The van der Waals surface area contributed by atoms with Crippen LogP contribution >= 0.6 is 0 Å². The van der Waals surface area contributed by atoms with Crippen molar-refractivity contribution in [3.8, 4) is 0 Å². The van der Waals surface area contributed by atoms with E-state index < -0.39 is 6.04 Å². The SMILES string of the molecule is O=C(CC1C(=O)NCCN1Cc1ccc(F)cc1)NCc1ccc(N2CCCC2=O)cc1. The molecule has 168 valence electrons. The molecule has 2 saturated heterocycles. The number of nitrogens with zero attached hydrogens (tertiary/aromatic N) is 2. The summed E-state index contributed by atoms with van der Waals surface area (Å²) in [5.41, 5.74) is 2.69. The number of rotatable bonds is 7. The van der Waals surface area contributed by atoms with Crippen molar-refractivity contribution in [1.82, 2.24) is 15.5 Å². The number of amides is 3. The minimum atomic E-state index is -0.572. The molecule has 0 spiro atoms. The highest BCUT2D eigenvalue weighted by atomic mass is 19.1. The minimum Gasteiger partial charge on any atom is -0.353 e. The Morgan fingerprint density at radius 3 is 2.44 bits per heavy atom. The monoisotopic (exact) mass is 438 g/mol. The van der Waals surface area contributed by atoms with Crippen LogP contribution in [-0.4, -0.2) is 48.3 Å². The van der Waals surface area contributed by atoms with Gasteiger partial charge in [0.1, 0.15) is 5.82 Å². The van der Waals surface area contributed by atoms with Crippen LogP contribution in [0.1, 0.15) is 30.4 Å². The maximum atomic E-state index is 13.2. The average Bonchev–Trinajstić information content (AvgIpc) is 3.22. The lowest BCUT2D eigenvalue weighted by Crippen LogP contribution is -2.56. The van der Waals surface area contributed by atoms with Gasteiger partial charge in [0, 0.05) is 44.8 Å². The van der Waals surface area contributed by atoms with Crippen LogP contribution in [-0.2, 0) is 27.5 Å². The molecule has 32 heavy (non-hydrogen) atoms. The second-order valence-electron chi connectivity index (χ2n) is 8.20. The molecule has 0 aromatic heterocycles. The number of benzene rings is 2. The molecule has 8 heteroatoms. The topological polar surface area (TPSA) is 81.8 Å². The largest absolute Gasteiger partial charge is 0.353 e. The molecule has 0 aliphatic carbocycles. The summed E-state index contributed by atoms with van der Waals surface area (Å²) in [6.07, 6.45) is 1.52. The number of halogens is 1. The third-order valence-corrected chi connectivity index (χ3v) is 5.93. The van der Waals surface area contributed by atoms with Crippen LogP contribution in [0.15, 0.2) is 48.5 Å². The number of carbonyl (C=O) groups is 3. The summed E-state index contributed by atoms with van der Waals surface area (Å²) in [7, 11) is 0. The highest BCUT2D eigenvalue weighted by Gasteiger charge is 2.31. The summed E-state index contributed by atoms with van der Waals surface area (Å²) >= 11 is 0. The molecule has 1 atom stereocenters. The van der Waals surface area contributed by atoms with Crippen molar-refractivity contribution in [3.05, 3.63) is 65.5 Å². The van der Waals surface area contributed by atoms with E-state index in [0.29, 0.717) is 32.6 Å². The zero-order valence-electron chi connectivity index (χ0n) is 17.9. The quantitative estimate of drug-likeness (QED) is 0.693. The minimum absolute atomic E-state index is 0.0490. The normalized spacial score (nSPS) is 19.2. The highest BCUT2D eigenvalue weighted by molar-refractivity contribution is 5.95. The number of anilines is 1. The Labute approximate surface area is 186 Å². The van der Waals surface area contributed by atoms with E-state index >= 15 is 0 Å². The van der Waals surface area contributed by atoms with Gasteiger partial charge in [-0.15, -0.1) is 0 Å². The van der Waals surface area contributed by atoms with Crippen LogP contribution in [0.3, 0.4) is 0 Å². The van der Waals surface area contributed by atoms with E-state index in [2.05, 4.69) is 10.6 Å². The lowest BCUT2D eigenvalue weighted by Gasteiger charge is -2.34. The first-order valence-electron chi connectivity index (χ1n) is 10.9. The smallest absolute Gasteiger partial charge is 0.237 e. The zero-order chi connectivity index (χ0) is 22.5. The number of hydrogen-bond donors (Lipinski definition) is 2. The molecule has 3 amide bonds. The van der Waals surface area contributed by atoms with E-state index in [1.807, 2.05) is 29.2 Å². The molecule has 2 heterocycles. The molecule has 0 radical (unpaired) electrons. The Hall–Kier alpha value is -3.26. The molecule has 2 aliphatic rings. The van der Waals surface area contributed by atoms with Crippen molar-refractivity contribution in [3.63, 3.8) is 0 Å². The number of piperazine rings is 1. The summed E-state index contributed by atoms with van der Waals surface area (Å²) in [6, 6.07) is 13.2. The number of carbonyl (C=O) groups excluding carboxylic acids is 3. The first-order chi connectivity index (χ1) is 15.5. The summed E-state index contributed by atoms with van der Waals surface area (Å²) in [5.74, 6) is -0.550. The van der Waals surface area contributed by atoms with Gasteiger partial charge in [-0.3, -0.25) is 19.3 Å². The third-order valence-electron chi connectivity index (χ3n) is 5.93. The van der Waals surface area contributed by atoms with E-state index in [4.69, 9.17) is 0 Å². The fourth-order valence-corrected chi connectivity index (χ4v) is 4.16. The van der Waals surface area contributed by atoms with Gasteiger partial charge < -0.3 is 15.5 Å². The second kappa shape index (κ2) is 9.91. The first-order valence-corrected chi connectivity index (χ1v) is 10.9. The van der Waals surface area contributed by atoms with Gasteiger partial charge in [0.2, 0.25) is 17.7 Å². The second-order valence-corrected chi connectivity index (χ2v) is 8.20. The van der Waals surface area contributed by atoms with E-state index in [9.17, 15) is 18.8 Å². The molecule has 0 bridgehead atoms. The molecule has 1 unspecified atom stereocenters. The fraction of sp³-hybridized carbons (Fsp3) is 0.375. The Bertz CT molecular complexity index is 978. The van der Waals surface area contributed by atoms with Crippen molar-refractivity contribution >= 4 is 23.4 Å². The zero-order valence-corrected chi connectivity index (χ0v) is 17.9. The van der Waals surface area contributed by atoms with E-state index in [-0.39, 0.29) is 30.0 Å². The van der Waals surface area contributed by atoms with Crippen LogP contribution in [0.4, 0.5) is 10.1 Å². The van der Waals surface area contributed by atoms with E-state index in [1.54, 1.807) is 17.0 Å². The van der Waals surface area contributed by atoms with Gasteiger partial charge in [-0.2, -0.15) is 0 Å². The van der Waals surface area contributed by atoms with Gasteiger partial charge in [0.05, 0.1) is 12.5 Å². The standard InChI is InChI=1S/C24H27FN4O3/c25-19-7-3-18(4-8-19)16-28-13-11-26-24(32)21(28)14-22(30)27-15-17-5-9-20(10-6-17)29-12-1-2-23(29)31/h3-10,21H,1-2,11-16H2,(H,26,32)(H,27,30). The van der Waals surface area contributed by atoms with Gasteiger partial charge in [-0.25, -0.2) is 4.39 Å². The third kappa shape index (κ3) is 5.31. The first kappa shape index (κ1) is 22.0. The van der Waals surface area contributed by atoms with Crippen LogP contribution < -0.4 is 15.5 Å². The van der Waals surface area contributed by atoms with Crippen molar-refractivity contribution < 1.29 is 18.8 Å². The predicted molar refractivity (Wildman–Crippen MR) is 118 cm³/mol. The summed E-state index contributed by atoms with van der Waals surface area (Å²) < 4.78 is 13.2. The van der Waals surface area contributed by atoms with Crippen molar-refractivity contribution in [2.75, 3.05) is 24.5 Å². The van der Waals surface area contributed by atoms with Crippen LogP contribution in [0.5, 0.6) is 0 Å². The van der Waals surface area contributed by atoms with Gasteiger partial charge in [0.15, 0.2) is 0 Å².